The maximum Gasteiger partial charge on any atom is 0.193 e. The summed E-state index contributed by atoms with van der Waals surface area (Å²) in [6, 6.07) is 10.5. The highest BCUT2D eigenvalue weighted by Gasteiger charge is 2.18. The number of halogens is 1. The fourth-order valence-corrected chi connectivity index (χ4v) is 3.07. The minimum atomic E-state index is 0. The van der Waals surface area contributed by atoms with Gasteiger partial charge in [0.05, 0.1) is 6.61 Å². The van der Waals surface area contributed by atoms with Gasteiger partial charge in [-0.25, -0.2) is 0 Å². The molecule has 1 aromatic carbocycles. The summed E-state index contributed by atoms with van der Waals surface area (Å²) in [5, 5.41) is 3.47. The van der Waals surface area contributed by atoms with Crippen LogP contribution in [0.2, 0.25) is 0 Å². The van der Waals surface area contributed by atoms with Crippen molar-refractivity contribution in [3.05, 3.63) is 30.3 Å². The van der Waals surface area contributed by atoms with Crippen LogP contribution in [0.5, 0.6) is 0 Å². The van der Waals surface area contributed by atoms with Crippen molar-refractivity contribution in [2.75, 3.05) is 58.9 Å². The van der Waals surface area contributed by atoms with E-state index in [0.29, 0.717) is 5.92 Å². The normalized spacial score (nSPS) is 17.1. The van der Waals surface area contributed by atoms with Gasteiger partial charge in [-0.15, -0.1) is 24.0 Å². The molecule has 1 atom stereocenters. The van der Waals surface area contributed by atoms with Crippen LogP contribution in [0.4, 0.5) is 5.69 Å². The second kappa shape index (κ2) is 12.4. The number of nitrogens with zero attached hydrogens (tertiary/aromatic N) is 3. The minimum absolute atomic E-state index is 0. The molecule has 1 saturated heterocycles. The lowest BCUT2D eigenvalue weighted by Crippen LogP contribution is -2.41. The van der Waals surface area contributed by atoms with Gasteiger partial charge in [0.2, 0.25) is 0 Å². The van der Waals surface area contributed by atoms with Crippen LogP contribution >= 0.6 is 24.0 Å². The SMILES string of the molecule is CN=C(NCCCCN(C)c1ccccc1)N(C)CC1CCOC1.I. The first-order chi connectivity index (χ1) is 11.7. The Labute approximate surface area is 169 Å². The zero-order chi connectivity index (χ0) is 17.2. The number of hydrogen-bond donors (Lipinski definition) is 1. The first-order valence-electron chi connectivity index (χ1n) is 8.96. The summed E-state index contributed by atoms with van der Waals surface area (Å²) in [7, 11) is 6.11. The molecule has 0 aromatic heterocycles. The second-order valence-corrected chi connectivity index (χ2v) is 6.55. The Morgan fingerprint density at radius 1 is 1.24 bits per heavy atom. The summed E-state index contributed by atoms with van der Waals surface area (Å²) in [5.74, 6) is 1.62. The van der Waals surface area contributed by atoms with E-state index in [2.05, 4.69) is 64.5 Å². The molecule has 6 heteroatoms. The highest BCUT2D eigenvalue weighted by molar-refractivity contribution is 14.0. The molecular weight excluding hydrogens is 427 g/mol. The number of unbranched alkanes of at least 4 members (excludes halogenated alkanes) is 1. The number of hydrogen-bond acceptors (Lipinski definition) is 3. The molecule has 2 rings (SSSR count). The van der Waals surface area contributed by atoms with E-state index in [1.807, 2.05) is 7.05 Å². The maximum atomic E-state index is 5.45. The first kappa shape index (κ1) is 22.0. The quantitative estimate of drug-likeness (QED) is 0.280. The van der Waals surface area contributed by atoms with E-state index >= 15 is 0 Å². The molecule has 0 saturated carbocycles. The highest BCUT2D eigenvalue weighted by atomic mass is 127. The minimum Gasteiger partial charge on any atom is -0.381 e. The van der Waals surface area contributed by atoms with Gasteiger partial charge < -0.3 is 19.9 Å². The summed E-state index contributed by atoms with van der Waals surface area (Å²) in [4.78, 5) is 8.91. The van der Waals surface area contributed by atoms with E-state index in [1.54, 1.807) is 0 Å². The number of rotatable bonds is 8. The Hall–Kier alpha value is -1.02. The summed E-state index contributed by atoms with van der Waals surface area (Å²) < 4.78 is 5.45. The van der Waals surface area contributed by atoms with E-state index in [9.17, 15) is 0 Å². The molecule has 1 aliphatic heterocycles. The van der Waals surface area contributed by atoms with Crippen LogP contribution in [0.15, 0.2) is 35.3 Å². The molecule has 0 spiro atoms. The van der Waals surface area contributed by atoms with Gasteiger partial charge in [0, 0.05) is 59.0 Å². The van der Waals surface area contributed by atoms with Gasteiger partial charge in [0.1, 0.15) is 0 Å². The number of guanidine groups is 1. The van der Waals surface area contributed by atoms with E-state index in [-0.39, 0.29) is 24.0 Å². The molecule has 5 nitrogen and oxygen atoms in total. The Kier molecular flexibility index (Phi) is 10.9. The van der Waals surface area contributed by atoms with Crippen LogP contribution in [0.25, 0.3) is 0 Å². The predicted octanol–water partition coefficient (Wildman–Crippen LogP) is 3.06. The van der Waals surface area contributed by atoms with Crippen molar-refractivity contribution in [2.45, 2.75) is 19.3 Å². The summed E-state index contributed by atoms with van der Waals surface area (Å²) >= 11 is 0. The molecule has 1 N–H and O–H groups in total. The monoisotopic (exact) mass is 460 g/mol. The lowest BCUT2D eigenvalue weighted by molar-refractivity contribution is 0.181. The van der Waals surface area contributed by atoms with Gasteiger partial charge in [-0.05, 0) is 31.4 Å². The molecule has 1 aromatic rings. The topological polar surface area (TPSA) is 40.1 Å². The van der Waals surface area contributed by atoms with Crippen molar-refractivity contribution in [1.29, 1.82) is 0 Å². The van der Waals surface area contributed by atoms with Gasteiger partial charge >= 0.3 is 0 Å². The second-order valence-electron chi connectivity index (χ2n) is 6.55. The summed E-state index contributed by atoms with van der Waals surface area (Å²) in [6.07, 6.45) is 3.46. The molecule has 0 bridgehead atoms. The smallest absolute Gasteiger partial charge is 0.193 e. The van der Waals surface area contributed by atoms with Gasteiger partial charge in [-0.3, -0.25) is 4.99 Å². The van der Waals surface area contributed by atoms with Gasteiger partial charge in [0.25, 0.3) is 0 Å². The molecule has 0 radical (unpaired) electrons. The van der Waals surface area contributed by atoms with Crippen LogP contribution in [-0.2, 0) is 4.74 Å². The Bertz CT molecular complexity index is 491. The van der Waals surface area contributed by atoms with Crippen molar-refractivity contribution in [3.63, 3.8) is 0 Å². The maximum absolute atomic E-state index is 5.45. The van der Waals surface area contributed by atoms with Crippen molar-refractivity contribution >= 4 is 35.6 Å². The molecule has 1 heterocycles. The molecule has 25 heavy (non-hydrogen) atoms. The van der Waals surface area contributed by atoms with Crippen LogP contribution < -0.4 is 10.2 Å². The molecule has 1 fully saturated rings. The zero-order valence-electron chi connectivity index (χ0n) is 15.8. The van der Waals surface area contributed by atoms with Crippen molar-refractivity contribution < 1.29 is 4.74 Å². The van der Waals surface area contributed by atoms with Crippen LogP contribution in [0.3, 0.4) is 0 Å². The number of benzene rings is 1. The largest absolute Gasteiger partial charge is 0.381 e. The van der Waals surface area contributed by atoms with Crippen molar-refractivity contribution in [1.82, 2.24) is 10.2 Å². The van der Waals surface area contributed by atoms with Crippen molar-refractivity contribution in [3.8, 4) is 0 Å². The Morgan fingerprint density at radius 2 is 2.00 bits per heavy atom. The van der Waals surface area contributed by atoms with Gasteiger partial charge in [-0.1, -0.05) is 18.2 Å². The fourth-order valence-electron chi connectivity index (χ4n) is 3.07. The number of para-hydroxylation sites is 1. The lowest BCUT2D eigenvalue weighted by Gasteiger charge is -2.24. The third kappa shape index (κ3) is 7.81. The van der Waals surface area contributed by atoms with Gasteiger partial charge in [0.15, 0.2) is 5.96 Å². The van der Waals surface area contributed by atoms with E-state index in [1.165, 1.54) is 5.69 Å². The fraction of sp³-hybridized carbons (Fsp3) is 0.632. The summed E-state index contributed by atoms with van der Waals surface area (Å²) in [5.41, 5.74) is 1.28. The van der Waals surface area contributed by atoms with Crippen LogP contribution in [-0.4, -0.2) is 64.9 Å². The average Bonchev–Trinajstić information content (AvgIpc) is 3.11. The Balaban J connectivity index is 0.00000312. The standard InChI is InChI=1S/C19H32N4O.HI/c1-20-19(23(3)15-17-11-14-24-16-17)21-12-7-8-13-22(2)18-9-5-4-6-10-18;/h4-6,9-10,17H,7-8,11-16H2,1-3H3,(H,20,21);1H. The first-order valence-corrected chi connectivity index (χ1v) is 8.96. The molecule has 0 amide bonds. The number of aliphatic imine (C=N–C) groups is 1. The van der Waals surface area contributed by atoms with Crippen molar-refractivity contribution in [2.24, 2.45) is 10.9 Å². The number of nitrogens with one attached hydrogen (secondary N) is 1. The molecule has 0 aliphatic carbocycles. The molecule has 1 unspecified atom stereocenters. The predicted molar refractivity (Wildman–Crippen MR) is 117 cm³/mol. The third-order valence-corrected chi connectivity index (χ3v) is 4.53. The van der Waals surface area contributed by atoms with Crippen LogP contribution in [0, 0.1) is 5.92 Å². The van der Waals surface area contributed by atoms with E-state index in [0.717, 1.165) is 58.1 Å². The highest BCUT2D eigenvalue weighted by Crippen LogP contribution is 2.13. The average molecular weight is 460 g/mol. The molecule has 142 valence electrons. The molecular formula is C19H33IN4O. The van der Waals surface area contributed by atoms with E-state index < -0.39 is 0 Å². The number of anilines is 1. The lowest BCUT2D eigenvalue weighted by atomic mass is 10.1. The Morgan fingerprint density at radius 3 is 2.64 bits per heavy atom. The van der Waals surface area contributed by atoms with Crippen LogP contribution in [0.1, 0.15) is 19.3 Å². The van der Waals surface area contributed by atoms with Gasteiger partial charge in [-0.2, -0.15) is 0 Å². The molecule has 1 aliphatic rings. The summed E-state index contributed by atoms with van der Waals surface area (Å²) in [6.45, 7) is 4.82. The zero-order valence-corrected chi connectivity index (χ0v) is 18.1. The van der Waals surface area contributed by atoms with E-state index in [4.69, 9.17) is 4.74 Å². The number of ether oxygens (including phenoxy) is 1. The third-order valence-electron chi connectivity index (χ3n) is 4.53.